The summed E-state index contributed by atoms with van der Waals surface area (Å²) in [5.74, 6) is 0.319. The number of nitrogens with zero attached hydrogens (tertiary/aromatic N) is 2. The highest BCUT2D eigenvalue weighted by Gasteiger charge is 2.36. The van der Waals surface area contributed by atoms with E-state index in [1.165, 1.54) is 4.31 Å². The third-order valence-electron chi connectivity index (χ3n) is 5.73. The molecular formula is C21H29N3O4S. The number of hydrogen-bond donors (Lipinski definition) is 1. The minimum absolute atomic E-state index is 0.0125. The summed E-state index contributed by atoms with van der Waals surface area (Å²) in [6.45, 7) is 8.49. The smallest absolute Gasteiger partial charge is 0.248 e. The molecule has 2 heterocycles. The zero-order chi connectivity index (χ0) is 21.2. The molecule has 0 saturated carbocycles. The molecular weight excluding hydrogens is 390 g/mol. The van der Waals surface area contributed by atoms with Gasteiger partial charge in [0.2, 0.25) is 15.9 Å². The van der Waals surface area contributed by atoms with Crippen LogP contribution in [-0.4, -0.2) is 36.9 Å². The van der Waals surface area contributed by atoms with Gasteiger partial charge < -0.3 is 9.84 Å². The quantitative estimate of drug-likeness (QED) is 0.777. The normalized spacial score (nSPS) is 17.2. The van der Waals surface area contributed by atoms with E-state index in [0.717, 1.165) is 11.1 Å². The molecule has 8 heteroatoms. The summed E-state index contributed by atoms with van der Waals surface area (Å²) in [5, 5.41) is 6.77. The first kappa shape index (κ1) is 21.5. The Labute approximate surface area is 172 Å². The van der Waals surface area contributed by atoms with Crippen molar-refractivity contribution in [3.05, 3.63) is 46.8 Å². The molecule has 2 aromatic rings. The molecule has 1 amide bonds. The zero-order valence-corrected chi connectivity index (χ0v) is 18.3. The predicted molar refractivity (Wildman–Crippen MR) is 110 cm³/mol. The van der Waals surface area contributed by atoms with E-state index in [9.17, 15) is 13.2 Å². The maximum Gasteiger partial charge on any atom is 0.248 e. The topological polar surface area (TPSA) is 92.5 Å². The van der Waals surface area contributed by atoms with Gasteiger partial charge in [-0.25, -0.2) is 8.42 Å². The molecule has 1 aromatic carbocycles. The number of sulfonamides is 1. The minimum Gasteiger partial charge on any atom is -0.360 e. The van der Waals surface area contributed by atoms with Crippen molar-refractivity contribution in [2.24, 2.45) is 11.8 Å². The molecule has 1 aromatic heterocycles. The highest BCUT2D eigenvalue weighted by atomic mass is 32.2. The van der Waals surface area contributed by atoms with Crippen LogP contribution >= 0.6 is 0 Å². The van der Waals surface area contributed by atoms with E-state index in [2.05, 4.69) is 16.5 Å². The lowest BCUT2D eigenvalue weighted by Gasteiger charge is -2.33. The van der Waals surface area contributed by atoms with Gasteiger partial charge in [-0.3, -0.25) is 4.79 Å². The van der Waals surface area contributed by atoms with Crippen LogP contribution in [-0.2, 0) is 21.4 Å². The van der Waals surface area contributed by atoms with Gasteiger partial charge in [-0.2, -0.15) is 4.31 Å². The first-order valence-electron chi connectivity index (χ1n) is 9.96. The van der Waals surface area contributed by atoms with Crippen LogP contribution in [0.1, 0.15) is 42.3 Å². The van der Waals surface area contributed by atoms with Crippen LogP contribution in [0.2, 0.25) is 0 Å². The second-order valence-electron chi connectivity index (χ2n) is 7.89. The van der Waals surface area contributed by atoms with Crippen LogP contribution in [0.5, 0.6) is 0 Å². The van der Waals surface area contributed by atoms with Crippen LogP contribution in [0, 0.1) is 32.6 Å². The van der Waals surface area contributed by atoms with Crippen LogP contribution in [0.3, 0.4) is 0 Å². The number of piperidine rings is 1. The first-order valence-corrected chi connectivity index (χ1v) is 11.4. The van der Waals surface area contributed by atoms with Crippen LogP contribution in [0.15, 0.2) is 33.7 Å². The molecule has 1 N–H and O–H groups in total. The van der Waals surface area contributed by atoms with Crippen molar-refractivity contribution < 1.29 is 17.7 Å². The van der Waals surface area contributed by atoms with Gasteiger partial charge in [0, 0.05) is 25.6 Å². The van der Waals surface area contributed by atoms with Crippen molar-refractivity contribution in [3.63, 3.8) is 0 Å². The number of rotatable bonds is 6. The van der Waals surface area contributed by atoms with Gasteiger partial charge in [0.05, 0.1) is 0 Å². The zero-order valence-electron chi connectivity index (χ0n) is 17.4. The second-order valence-corrected chi connectivity index (χ2v) is 9.77. The highest BCUT2D eigenvalue weighted by molar-refractivity contribution is 7.89. The lowest BCUT2D eigenvalue weighted by atomic mass is 9.85. The van der Waals surface area contributed by atoms with E-state index < -0.39 is 10.0 Å². The Bertz CT molecular complexity index is 956. The predicted octanol–water partition coefficient (Wildman–Crippen LogP) is 2.95. The largest absolute Gasteiger partial charge is 0.360 e. The van der Waals surface area contributed by atoms with Crippen molar-refractivity contribution in [1.82, 2.24) is 14.8 Å². The van der Waals surface area contributed by atoms with Crippen LogP contribution in [0.25, 0.3) is 0 Å². The number of carbonyl (C=O) groups excluding carboxylic acids is 1. The fraction of sp³-hybridized carbons (Fsp3) is 0.524. The number of carbonyl (C=O) groups is 1. The second kappa shape index (κ2) is 8.67. The number of nitrogens with one attached hydrogen (secondary N) is 1. The lowest BCUT2D eigenvalue weighted by molar-refractivity contribution is -0.126. The summed E-state index contributed by atoms with van der Waals surface area (Å²) in [5.41, 5.74) is 2.62. The SMILES string of the molecule is Cc1cccc(CNC(=O)[C@H](C)C2CCN(S(=O)(=O)c3c(C)noc3C)CC2)c1. The van der Waals surface area contributed by atoms with Gasteiger partial charge in [-0.05, 0) is 45.1 Å². The molecule has 1 fully saturated rings. The van der Waals surface area contributed by atoms with Crippen molar-refractivity contribution >= 4 is 15.9 Å². The van der Waals surface area contributed by atoms with Gasteiger partial charge in [0.15, 0.2) is 5.76 Å². The van der Waals surface area contributed by atoms with Crippen LogP contribution in [0.4, 0.5) is 0 Å². The van der Waals surface area contributed by atoms with E-state index in [0.29, 0.717) is 43.9 Å². The standard InChI is InChI=1S/C21H29N3O4S/c1-14-6-5-7-18(12-14)13-22-21(25)15(2)19-8-10-24(11-9-19)29(26,27)20-16(3)23-28-17(20)4/h5-7,12,15,19H,8-11,13H2,1-4H3,(H,22,25)/t15-/m1/s1. The third-order valence-corrected chi connectivity index (χ3v) is 7.88. The molecule has 1 aliphatic rings. The molecule has 0 bridgehead atoms. The average molecular weight is 420 g/mol. The molecule has 29 heavy (non-hydrogen) atoms. The van der Waals surface area contributed by atoms with E-state index in [4.69, 9.17) is 4.52 Å². The van der Waals surface area contributed by atoms with E-state index in [1.807, 2.05) is 32.0 Å². The number of amides is 1. The molecule has 1 aliphatic heterocycles. The maximum atomic E-state index is 12.9. The van der Waals surface area contributed by atoms with Crippen molar-refractivity contribution in [3.8, 4) is 0 Å². The third kappa shape index (κ3) is 4.70. The molecule has 7 nitrogen and oxygen atoms in total. The molecule has 3 rings (SSSR count). The molecule has 158 valence electrons. The summed E-state index contributed by atoms with van der Waals surface area (Å²) in [6, 6.07) is 8.06. The number of benzene rings is 1. The summed E-state index contributed by atoms with van der Waals surface area (Å²) in [6.07, 6.45) is 1.31. The van der Waals surface area contributed by atoms with Crippen molar-refractivity contribution in [1.29, 1.82) is 0 Å². The van der Waals surface area contributed by atoms with E-state index in [-0.39, 0.29) is 22.6 Å². The Morgan fingerprint density at radius 2 is 1.97 bits per heavy atom. The molecule has 0 radical (unpaired) electrons. The molecule has 0 aliphatic carbocycles. The number of aromatic nitrogens is 1. The van der Waals surface area contributed by atoms with Crippen molar-refractivity contribution in [2.45, 2.75) is 52.0 Å². The Morgan fingerprint density at radius 3 is 2.55 bits per heavy atom. The Hall–Kier alpha value is -2.19. The maximum absolute atomic E-state index is 12.9. The van der Waals surface area contributed by atoms with Crippen LogP contribution < -0.4 is 5.32 Å². The summed E-state index contributed by atoms with van der Waals surface area (Å²) in [4.78, 5) is 12.8. The fourth-order valence-corrected chi connectivity index (χ4v) is 5.74. The van der Waals surface area contributed by atoms with Gasteiger partial charge in [-0.15, -0.1) is 0 Å². The lowest BCUT2D eigenvalue weighted by Crippen LogP contribution is -2.42. The average Bonchev–Trinajstić information content (AvgIpc) is 3.04. The number of aryl methyl sites for hydroxylation is 3. The van der Waals surface area contributed by atoms with Crippen molar-refractivity contribution in [2.75, 3.05) is 13.1 Å². The Kier molecular flexibility index (Phi) is 6.43. The molecule has 0 spiro atoms. The molecule has 1 saturated heterocycles. The van der Waals surface area contributed by atoms with Gasteiger partial charge in [0.25, 0.3) is 0 Å². The van der Waals surface area contributed by atoms with Gasteiger partial charge in [0.1, 0.15) is 10.6 Å². The van der Waals surface area contributed by atoms with Gasteiger partial charge >= 0.3 is 0 Å². The fourth-order valence-electron chi connectivity index (χ4n) is 3.97. The summed E-state index contributed by atoms with van der Waals surface area (Å²) < 4.78 is 32.4. The Morgan fingerprint density at radius 1 is 1.28 bits per heavy atom. The molecule has 0 unspecified atom stereocenters. The minimum atomic E-state index is -3.62. The Balaban J connectivity index is 1.56. The summed E-state index contributed by atoms with van der Waals surface area (Å²) in [7, 11) is -3.62. The highest BCUT2D eigenvalue weighted by Crippen LogP contribution is 2.30. The summed E-state index contributed by atoms with van der Waals surface area (Å²) >= 11 is 0. The monoisotopic (exact) mass is 419 g/mol. The first-order chi connectivity index (χ1) is 13.7. The van der Waals surface area contributed by atoms with E-state index >= 15 is 0 Å². The van der Waals surface area contributed by atoms with Gasteiger partial charge in [-0.1, -0.05) is 41.9 Å². The molecule has 1 atom stereocenters. The number of hydrogen-bond acceptors (Lipinski definition) is 5. The van der Waals surface area contributed by atoms with E-state index in [1.54, 1.807) is 13.8 Å².